The third-order valence-electron chi connectivity index (χ3n) is 1.23. The Morgan fingerprint density at radius 3 is 2.36 bits per heavy atom. The van der Waals surface area contributed by atoms with Gasteiger partial charge < -0.3 is 4.57 Å². The number of nitrogens with zero attached hydrogens (tertiary/aromatic N) is 2. The van der Waals surface area contributed by atoms with Crippen LogP contribution in [0.15, 0.2) is 6.20 Å². The molecule has 1 aromatic rings. The van der Waals surface area contributed by atoms with Crippen LogP contribution in [0.3, 0.4) is 0 Å². The highest BCUT2D eigenvalue weighted by molar-refractivity contribution is 6.42. The van der Waals surface area contributed by atoms with E-state index in [1.54, 1.807) is 7.05 Å². The van der Waals surface area contributed by atoms with E-state index < -0.39 is 4.92 Å². The summed E-state index contributed by atoms with van der Waals surface area (Å²) in [5.74, 6) is 0. The molecule has 0 atom stereocenters. The lowest BCUT2D eigenvalue weighted by molar-refractivity contribution is -0.384. The van der Waals surface area contributed by atoms with Gasteiger partial charge in [-0.3, -0.25) is 10.1 Å². The summed E-state index contributed by atoms with van der Waals surface area (Å²) >= 11 is 11.1. The van der Waals surface area contributed by atoms with Crippen LogP contribution in [0.4, 0.5) is 5.69 Å². The Balaban J connectivity index is 3.29. The van der Waals surface area contributed by atoms with Crippen molar-refractivity contribution in [2.24, 2.45) is 7.05 Å². The van der Waals surface area contributed by atoms with Crippen LogP contribution in [0.25, 0.3) is 0 Å². The van der Waals surface area contributed by atoms with Gasteiger partial charge in [0.05, 0.1) is 11.1 Å². The molecule has 1 heterocycles. The molecular formula is C5H4Cl2N2O2. The molecule has 11 heavy (non-hydrogen) atoms. The van der Waals surface area contributed by atoms with Crippen molar-refractivity contribution in [3.63, 3.8) is 0 Å². The van der Waals surface area contributed by atoms with Gasteiger partial charge in [-0.05, 0) is 0 Å². The minimum Gasteiger partial charge on any atom is -0.334 e. The molecule has 4 nitrogen and oxygen atoms in total. The fourth-order valence-corrected chi connectivity index (χ4v) is 1.08. The first-order chi connectivity index (χ1) is 5.04. The molecule has 0 saturated heterocycles. The van der Waals surface area contributed by atoms with Crippen molar-refractivity contribution in [1.29, 1.82) is 0 Å². The van der Waals surface area contributed by atoms with E-state index in [2.05, 4.69) is 0 Å². The molecule has 0 bridgehead atoms. The van der Waals surface area contributed by atoms with E-state index in [4.69, 9.17) is 23.2 Å². The van der Waals surface area contributed by atoms with Crippen LogP contribution in [0, 0.1) is 10.1 Å². The summed E-state index contributed by atoms with van der Waals surface area (Å²) < 4.78 is 1.39. The van der Waals surface area contributed by atoms with Gasteiger partial charge in [-0.15, -0.1) is 0 Å². The van der Waals surface area contributed by atoms with Crippen molar-refractivity contribution in [3.8, 4) is 0 Å². The molecule has 0 amide bonds. The molecule has 60 valence electrons. The molecule has 0 saturated carbocycles. The van der Waals surface area contributed by atoms with Crippen LogP contribution >= 0.6 is 23.2 Å². The molecule has 0 aliphatic heterocycles. The van der Waals surface area contributed by atoms with Gasteiger partial charge in [-0.1, -0.05) is 23.2 Å². The van der Waals surface area contributed by atoms with Crippen LogP contribution in [0.1, 0.15) is 0 Å². The van der Waals surface area contributed by atoms with Crippen LogP contribution in [0.2, 0.25) is 10.2 Å². The monoisotopic (exact) mass is 194 g/mol. The van der Waals surface area contributed by atoms with E-state index >= 15 is 0 Å². The highest BCUT2D eigenvalue weighted by atomic mass is 35.5. The maximum absolute atomic E-state index is 10.2. The van der Waals surface area contributed by atoms with Gasteiger partial charge in [0.1, 0.15) is 5.15 Å². The molecule has 0 N–H and O–H groups in total. The van der Waals surface area contributed by atoms with Crippen LogP contribution in [0.5, 0.6) is 0 Å². The minimum absolute atomic E-state index is 0.0147. The van der Waals surface area contributed by atoms with Crippen molar-refractivity contribution < 1.29 is 4.92 Å². The summed E-state index contributed by atoms with van der Waals surface area (Å²) in [6.45, 7) is 0. The van der Waals surface area contributed by atoms with E-state index in [-0.39, 0.29) is 15.9 Å². The Hall–Kier alpha value is -0.740. The minimum atomic E-state index is -0.575. The van der Waals surface area contributed by atoms with Gasteiger partial charge in [0.2, 0.25) is 0 Å². The Bertz CT molecular complexity index is 308. The smallest absolute Gasteiger partial charge is 0.307 e. The van der Waals surface area contributed by atoms with Crippen LogP contribution < -0.4 is 0 Å². The number of aryl methyl sites for hydroxylation is 1. The number of halogens is 2. The summed E-state index contributed by atoms with van der Waals surface area (Å²) in [6, 6.07) is 0. The molecular weight excluding hydrogens is 191 g/mol. The van der Waals surface area contributed by atoms with Crippen molar-refractivity contribution in [1.82, 2.24) is 4.57 Å². The number of rotatable bonds is 1. The highest BCUT2D eigenvalue weighted by Crippen LogP contribution is 2.32. The Labute approximate surface area is 72.5 Å². The predicted octanol–water partition coefficient (Wildman–Crippen LogP) is 2.24. The third kappa shape index (κ3) is 1.32. The molecule has 0 radical (unpaired) electrons. The maximum atomic E-state index is 10.2. The van der Waals surface area contributed by atoms with Gasteiger partial charge in [0.15, 0.2) is 5.02 Å². The third-order valence-corrected chi connectivity index (χ3v) is 2.15. The first-order valence-corrected chi connectivity index (χ1v) is 3.44. The van der Waals surface area contributed by atoms with Gasteiger partial charge in [-0.2, -0.15) is 0 Å². The lowest BCUT2D eigenvalue weighted by Gasteiger charge is -1.87. The first-order valence-electron chi connectivity index (χ1n) is 2.68. The van der Waals surface area contributed by atoms with Gasteiger partial charge >= 0.3 is 5.69 Å². The summed E-state index contributed by atoms with van der Waals surface area (Å²) in [4.78, 5) is 9.66. The van der Waals surface area contributed by atoms with Gasteiger partial charge in [0, 0.05) is 7.05 Å². The Morgan fingerprint density at radius 2 is 2.18 bits per heavy atom. The SMILES string of the molecule is Cn1cc([N+](=O)[O-])c(Cl)c1Cl. The normalized spacial score (nSPS) is 10.1. The average molecular weight is 195 g/mol. The largest absolute Gasteiger partial charge is 0.334 e. The zero-order valence-corrected chi connectivity index (χ0v) is 7.06. The molecule has 6 heteroatoms. The standard InChI is InChI=1S/C5H4Cl2N2O2/c1-8-2-3(9(10)11)4(6)5(8)7/h2H,1H3. The molecule has 1 rings (SSSR count). The second-order valence-corrected chi connectivity index (χ2v) is 2.72. The van der Waals surface area contributed by atoms with E-state index in [0.717, 1.165) is 0 Å². The quantitative estimate of drug-likeness (QED) is 0.509. The van der Waals surface area contributed by atoms with Gasteiger partial charge in [0.25, 0.3) is 0 Å². The Morgan fingerprint density at radius 1 is 1.64 bits per heavy atom. The lowest BCUT2D eigenvalue weighted by Crippen LogP contribution is -1.85. The number of nitro groups is 1. The summed E-state index contributed by atoms with van der Waals surface area (Å²) in [6.07, 6.45) is 1.27. The summed E-state index contributed by atoms with van der Waals surface area (Å²) in [5.41, 5.74) is -0.167. The molecule has 0 aliphatic rings. The predicted molar refractivity (Wildman–Crippen MR) is 42.1 cm³/mol. The highest BCUT2D eigenvalue weighted by Gasteiger charge is 2.19. The maximum Gasteiger partial charge on any atom is 0.307 e. The first kappa shape index (κ1) is 8.36. The van der Waals surface area contributed by atoms with Crippen molar-refractivity contribution in [2.45, 2.75) is 0 Å². The molecule has 0 fully saturated rings. The number of hydrogen-bond donors (Lipinski definition) is 0. The molecule has 0 unspecified atom stereocenters. The fraction of sp³-hybridized carbons (Fsp3) is 0.200. The molecule has 0 aromatic carbocycles. The molecule has 1 aromatic heterocycles. The number of aromatic nitrogens is 1. The van der Waals surface area contributed by atoms with Crippen molar-refractivity contribution in [2.75, 3.05) is 0 Å². The van der Waals surface area contributed by atoms with Crippen molar-refractivity contribution >= 4 is 28.9 Å². The Kier molecular flexibility index (Phi) is 2.06. The van der Waals surface area contributed by atoms with E-state index in [0.29, 0.717) is 0 Å². The zero-order chi connectivity index (χ0) is 8.59. The fourth-order valence-electron chi connectivity index (χ4n) is 0.685. The molecule has 0 spiro atoms. The summed E-state index contributed by atoms with van der Waals surface area (Å²) in [5, 5.41) is 10.4. The van der Waals surface area contributed by atoms with E-state index in [1.165, 1.54) is 10.8 Å². The zero-order valence-electron chi connectivity index (χ0n) is 5.54. The second-order valence-electron chi connectivity index (χ2n) is 1.99. The van der Waals surface area contributed by atoms with E-state index in [1.807, 2.05) is 0 Å². The van der Waals surface area contributed by atoms with Crippen LogP contribution in [-0.2, 0) is 7.05 Å². The van der Waals surface area contributed by atoms with Gasteiger partial charge in [-0.25, -0.2) is 0 Å². The lowest BCUT2D eigenvalue weighted by atomic mass is 10.5. The van der Waals surface area contributed by atoms with Crippen molar-refractivity contribution in [3.05, 3.63) is 26.5 Å². The average Bonchev–Trinajstić information content (AvgIpc) is 2.17. The number of hydrogen-bond acceptors (Lipinski definition) is 2. The topological polar surface area (TPSA) is 48.1 Å². The molecule has 0 aliphatic carbocycles. The van der Waals surface area contributed by atoms with E-state index in [9.17, 15) is 10.1 Å². The second kappa shape index (κ2) is 2.71. The summed E-state index contributed by atoms with van der Waals surface area (Å²) in [7, 11) is 1.58. The van der Waals surface area contributed by atoms with Crippen LogP contribution in [-0.4, -0.2) is 9.49 Å².